The molecule has 0 bridgehead atoms. The summed E-state index contributed by atoms with van der Waals surface area (Å²) in [5.41, 5.74) is 10.0. The van der Waals surface area contributed by atoms with E-state index in [1.165, 1.54) is 0 Å². The first-order valence-corrected chi connectivity index (χ1v) is 20.3. The van der Waals surface area contributed by atoms with Crippen LogP contribution in [0.5, 0.6) is 11.5 Å². The molecule has 2 rings (SSSR count). The summed E-state index contributed by atoms with van der Waals surface area (Å²) in [6.07, 6.45) is -0.448. The third-order valence-electron chi connectivity index (χ3n) is 8.38. The molecule has 0 heterocycles. The molecule has 0 spiro atoms. The van der Waals surface area contributed by atoms with Gasteiger partial charge in [-0.15, -0.1) is 0 Å². The van der Waals surface area contributed by atoms with Crippen LogP contribution in [0.15, 0.2) is 48.5 Å². The molecule has 0 fully saturated rings. The van der Waals surface area contributed by atoms with Crippen molar-refractivity contribution < 1.29 is 18.4 Å². The van der Waals surface area contributed by atoms with Crippen molar-refractivity contribution in [2.45, 2.75) is 143 Å². The molecule has 1 amide bonds. The Hall–Kier alpha value is -2.46. The summed E-state index contributed by atoms with van der Waals surface area (Å²) in [6, 6.07) is 15.4. The smallest absolute Gasteiger partial charge is 0.412 e. The van der Waals surface area contributed by atoms with E-state index in [0.29, 0.717) is 38.9 Å². The molecule has 0 atom stereocenters. The third-order valence-corrected chi connectivity index (χ3v) is 20.4. The van der Waals surface area contributed by atoms with Crippen LogP contribution in [0.3, 0.4) is 0 Å². The van der Waals surface area contributed by atoms with Crippen LogP contribution < -0.4 is 19.9 Å². The first-order chi connectivity index (χ1) is 19.7. The number of nitrogens with two attached hydrogens (primary N) is 1. The Labute approximate surface area is 265 Å². The third kappa shape index (κ3) is 10.6. The molecular formula is C35H62N2O4Si2. The van der Waals surface area contributed by atoms with Crippen LogP contribution in [0.2, 0.25) is 33.2 Å². The first-order valence-electron chi connectivity index (χ1n) is 16.0. The van der Waals surface area contributed by atoms with Crippen LogP contribution in [-0.4, -0.2) is 28.3 Å². The molecule has 2 aromatic rings. The van der Waals surface area contributed by atoms with Gasteiger partial charge >= 0.3 is 6.09 Å². The molecule has 0 radical (unpaired) electrons. The number of carbonyl (C=O) groups excluding carboxylic acids is 1. The van der Waals surface area contributed by atoms with Crippen molar-refractivity contribution >= 4 is 34.1 Å². The number of nitrogen functional groups attached to an aromatic ring is 1. The van der Waals surface area contributed by atoms with E-state index >= 15 is 0 Å². The van der Waals surface area contributed by atoms with Gasteiger partial charge in [0.2, 0.25) is 0 Å². The highest BCUT2D eigenvalue weighted by Crippen LogP contribution is 2.44. The molecule has 6 nitrogen and oxygen atoms in total. The Balaban J connectivity index is 0.000000453. The van der Waals surface area contributed by atoms with E-state index in [4.69, 9.17) is 19.3 Å². The number of carbonyl (C=O) groups is 1. The van der Waals surface area contributed by atoms with E-state index in [2.05, 4.69) is 88.4 Å². The summed E-state index contributed by atoms with van der Waals surface area (Å²) in [6.45, 7) is 32.9. The van der Waals surface area contributed by atoms with Gasteiger partial charge in [-0.1, -0.05) is 83.1 Å². The van der Waals surface area contributed by atoms with Crippen LogP contribution >= 0.6 is 0 Å². The molecule has 8 heteroatoms. The maximum absolute atomic E-state index is 11.9. The van der Waals surface area contributed by atoms with Crippen LogP contribution in [-0.2, 0) is 4.74 Å². The fourth-order valence-corrected chi connectivity index (χ4v) is 17.2. The Kier molecular flexibility index (Phi) is 14.4. The van der Waals surface area contributed by atoms with Gasteiger partial charge in [0.15, 0.2) is 0 Å². The van der Waals surface area contributed by atoms with Crippen molar-refractivity contribution in [3.63, 3.8) is 0 Å². The zero-order valence-electron chi connectivity index (χ0n) is 29.8. The zero-order chi connectivity index (χ0) is 33.3. The molecule has 3 N–H and O–H groups in total. The minimum absolute atomic E-state index is 0.448. The molecule has 2 aromatic carbocycles. The lowest BCUT2D eigenvalue weighted by molar-refractivity contribution is 0.0636. The maximum atomic E-state index is 11.9. The van der Waals surface area contributed by atoms with E-state index in [1.54, 1.807) is 0 Å². The number of amides is 1. The van der Waals surface area contributed by atoms with Crippen LogP contribution in [0.25, 0.3) is 0 Å². The normalized spacial score (nSPS) is 12.6. The van der Waals surface area contributed by atoms with Crippen molar-refractivity contribution in [1.82, 2.24) is 0 Å². The quantitative estimate of drug-likeness (QED) is 0.191. The van der Waals surface area contributed by atoms with Gasteiger partial charge in [0, 0.05) is 11.4 Å². The fraction of sp³-hybridized carbons (Fsp3) is 0.629. The van der Waals surface area contributed by atoms with E-state index in [9.17, 15) is 4.79 Å². The number of ether oxygens (including phenoxy) is 1. The Morgan fingerprint density at radius 2 is 0.907 bits per heavy atom. The second-order valence-electron chi connectivity index (χ2n) is 14.6. The number of rotatable bonds is 11. The van der Waals surface area contributed by atoms with Crippen LogP contribution in [0.4, 0.5) is 16.2 Å². The minimum atomic E-state index is -1.96. The summed E-state index contributed by atoms with van der Waals surface area (Å²) >= 11 is 0. The minimum Gasteiger partial charge on any atom is -0.543 e. The molecule has 0 saturated heterocycles. The average molecular weight is 631 g/mol. The number of anilines is 2. The Morgan fingerprint density at radius 3 is 1.19 bits per heavy atom. The Bertz CT molecular complexity index is 1060. The number of hydrogen-bond acceptors (Lipinski definition) is 5. The fourth-order valence-electron chi connectivity index (χ4n) is 6.68. The lowest BCUT2D eigenvalue weighted by Gasteiger charge is -2.42. The monoisotopic (exact) mass is 630 g/mol. The zero-order valence-corrected chi connectivity index (χ0v) is 31.8. The van der Waals surface area contributed by atoms with Crippen molar-refractivity contribution in [1.29, 1.82) is 0 Å². The van der Waals surface area contributed by atoms with E-state index < -0.39 is 28.3 Å². The summed E-state index contributed by atoms with van der Waals surface area (Å²) < 4.78 is 18.4. The van der Waals surface area contributed by atoms with Crippen LogP contribution in [0.1, 0.15) is 104 Å². The number of nitrogens with one attached hydrogen (secondary N) is 1. The van der Waals surface area contributed by atoms with Gasteiger partial charge in [0.05, 0.1) is 0 Å². The van der Waals surface area contributed by atoms with Gasteiger partial charge in [-0.05, 0) is 103 Å². The lowest BCUT2D eigenvalue weighted by atomic mass is 10.2. The second kappa shape index (κ2) is 16.0. The molecule has 0 aliphatic rings. The summed E-state index contributed by atoms with van der Waals surface area (Å²) in [5.74, 6) is 1.84. The number of hydrogen-bond donors (Lipinski definition) is 2. The Morgan fingerprint density at radius 1 is 0.605 bits per heavy atom. The largest absolute Gasteiger partial charge is 0.543 e. The van der Waals surface area contributed by atoms with E-state index in [0.717, 1.165) is 17.2 Å². The highest BCUT2D eigenvalue weighted by Gasteiger charge is 2.48. The molecule has 0 aliphatic carbocycles. The van der Waals surface area contributed by atoms with Gasteiger partial charge in [-0.25, -0.2) is 4.79 Å². The first kappa shape index (κ1) is 38.6. The number of benzene rings is 2. The highest BCUT2D eigenvalue weighted by molar-refractivity contribution is 6.78. The standard InChI is InChI=1S/C20H35NO3Si.C15H27NOSi/c1-14(2)25(15(3)4,16(5)6)24-18-12-10-17(11-13-18)21-19(22)23-20(7,8)9;1-11(2)18(12(3)4,13(5)6)17-15-9-7-14(16)8-10-15/h10-16H,1-9H3,(H,21,22);7-13H,16H2,1-6H3. The predicted octanol–water partition coefficient (Wildman–Crippen LogP) is 11.4. The van der Waals surface area contributed by atoms with Gasteiger partial charge < -0.3 is 19.3 Å². The highest BCUT2D eigenvalue weighted by atomic mass is 28.4. The van der Waals surface area contributed by atoms with Gasteiger partial charge in [0.25, 0.3) is 16.6 Å². The summed E-state index contributed by atoms with van der Waals surface area (Å²) in [7, 11) is -3.79. The predicted molar refractivity (Wildman–Crippen MR) is 191 cm³/mol. The molecule has 0 unspecified atom stereocenters. The van der Waals surface area contributed by atoms with Crippen molar-refractivity contribution in [3.8, 4) is 11.5 Å². The molecular weight excluding hydrogens is 569 g/mol. The van der Waals surface area contributed by atoms with Crippen molar-refractivity contribution in [2.75, 3.05) is 11.1 Å². The summed E-state index contributed by atoms with van der Waals surface area (Å²) in [5, 5.41) is 2.75. The van der Waals surface area contributed by atoms with Crippen molar-refractivity contribution in [3.05, 3.63) is 48.5 Å². The lowest BCUT2D eigenvalue weighted by Crippen LogP contribution is -2.50. The van der Waals surface area contributed by atoms with E-state index in [-0.39, 0.29) is 0 Å². The van der Waals surface area contributed by atoms with Crippen molar-refractivity contribution in [2.24, 2.45) is 0 Å². The van der Waals surface area contributed by atoms with Gasteiger partial charge in [-0.2, -0.15) is 0 Å². The molecule has 0 aromatic heterocycles. The molecule has 43 heavy (non-hydrogen) atoms. The average Bonchev–Trinajstić information content (AvgIpc) is 2.85. The second-order valence-corrected chi connectivity index (χ2v) is 25.3. The molecule has 0 aliphatic heterocycles. The maximum Gasteiger partial charge on any atom is 0.412 e. The SMILES string of the molecule is CC(C)[Si](Oc1ccc(N)cc1)(C(C)C)C(C)C.CC(C)[Si](Oc1ccc(NC(=O)OC(C)(C)C)cc1)(C(C)C)C(C)C. The van der Waals surface area contributed by atoms with Crippen LogP contribution in [0, 0.1) is 0 Å². The molecule has 0 saturated carbocycles. The van der Waals surface area contributed by atoms with E-state index in [1.807, 2.05) is 69.3 Å². The molecule has 244 valence electrons. The van der Waals surface area contributed by atoms with Gasteiger partial charge in [-0.3, -0.25) is 5.32 Å². The van der Waals surface area contributed by atoms with Gasteiger partial charge in [0.1, 0.15) is 17.1 Å². The summed E-state index contributed by atoms with van der Waals surface area (Å²) in [4.78, 5) is 11.9. The topological polar surface area (TPSA) is 82.8 Å².